The fraction of sp³-hybridized carbons (Fsp3) is 0.200. The Morgan fingerprint density at radius 3 is 1.83 bits per heavy atom. The second-order valence-corrected chi connectivity index (χ2v) is 5.16. The molecule has 0 bridgehead atoms. The van der Waals surface area contributed by atoms with E-state index in [0.29, 0.717) is 10.5 Å². The van der Waals surface area contributed by atoms with Gasteiger partial charge in [0.1, 0.15) is 0 Å². The number of fused-ring (bicyclic) bond motifs is 3. The molecule has 60 valence electrons. The van der Waals surface area contributed by atoms with Crippen molar-refractivity contribution in [2.75, 3.05) is 0 Å². The maximum absolute atomic E-state index is 2.25. The first-order chi connectivity index (χ1) is 5.95. The summed E-state index contributed by atoms with van der Waals surface area (Å²) in [7, 11) is 0. The molecule has 1 aliphatic carbocycles. The van der Waals surface area contributed by atoms with E-state index in [2.05, 4.69) is 35.1 Å². The van der Waals surface area contributed by atoms with E-state index in [1.54, 1.807) is 0 Å². The van der Waals surface area contributed by atoms with Gasteiger partial charge in [-0.15, -0.1) is 23.5 Å². The van der Waals surface area contributed by atoms with Crippen molar-refractivity contribution in [1.82, 2.24) is 0 Å². The average molecular weight is 192 g/mol. The number of allylic oxidation sites excluding steroid dienone is 4. The van der Waals surface area contributed by atoms with Gasteiger partial charge in [0.15, 0.2) is 0 Å². The zero-order chi connectivity index (χ0) is 7.97. The molecule has 0 aromatic heterocycles. The van der Waals surface area contributed by atoms with Crippen LogP contribution in [-0.2, 0) is 0 Å². The lowest BCUT2D eigenvalue weighted by molar-refractivity contribution is 1.01. The first-order valence-corrected chi connectivity index (χ1v) is 5.89. The lowest BCUT2D eigenvalue weighted by Gasteiger charge is -2.23. The predicted molar refractivity (Wildman–Crippen MR) is 57.2 cm³/mol. The Hall–Kier alpha value is -0.340. The quantitative estimate of drug-likeness (QED) is 0.578. The highest BCUT2D eigenvalue weighted by molar-refractivity contribution is 8.07. The number of hydrogen-bond acceptors (Lipinski definition) is 2. The molecule has 0 nitrogen and oxygen atoms in total. The molecule has 12 heavy (non-hydrogen) atoms. The Bertz CT molecular complexity index is 300. The topological polar surface area (TPSA) is 0 Å². The van der Waals surface area contributed by atoms with E-state index < -0.39 is 0 Å². The zero-order valence-electron chi connectivity index (χ0n) is 6.44. The van der Waals surface area contributed by atoms with Gasteiger partial charge < -0.3 is 0 Å². The van der Waals surface area contributed by atoms with Crippen LogP contribution in [0.5, 0.6) is 0 Å². The summed E-state index contributed by atoms with van der Waals surface area (Å²) in [5.74, 6) is 0. The molecule has 0 fully saturated rings. The summed E-state index contributed by atoms with van der Waals surface area (Å²) in [6.45, 7) is 0. The van der Waals surface area contributed by atoms with E-state index in [0.717, 1.165) is 0 Å². The molecule has 2 aliphatic heterocycles. The van der Waals surface area contributed by atoms with Crippen molar-refractivity contribution in [1.29, 1.82) is 0 Å². The van der Waals surface area contributed by atoms with Gasteiger partial charge in [-0.1, -0.05) is 24.3 Å². The fourth-order valence-electron chi connectivity index (χ4n) is 1.74. The summed E-state index contributed by atoms with van der Waals surface area (Å²) in [5.41, 5.74) is 2.98. The molecule has 0 saturated carbocycles. The van der Waals surface area contributed by atoms with Crippen LogP contribution >= 0.6 is 23.5 Å². The standard InChI is InChI=1S/C10H8S2/c1-2-8-4-6-12-10(8)9-7(1)3-5-11-9/h1-6,9-10H/t9-,10-/m1/s1. The molecule has 0 radical (unpaired) electrons. The van der Waals surface area contributed by atoms with Gasteiger partial charge in [-0.2, -0.15) is 0 Å². The van der Waals surface area contributed by atoms with E-state index >= 15 is 0 Å². The minimum absolute atomic E-state index is 0.685. The van der Waals surface area contributed by atoms with Crippen LogP contribution in [0.25, 0.3) is 0 Å². The van der Waals surface area contributed by atoms with Crippen molar-refractivity contribution in [3.8, 4) is 0 Å². The molecule has 2 heterocycles. The third-order valence-electron chi connectivity index (χ3n) is 2.37. The monoisotopic (exact) mass is 192 g/mol. The summed E-state index contributed by atoms with van der Waals surface area (Å²) in [6, 6.07) is 0. The Morgan fingerprint density at radius 2 is 1.33 bits per heavy atom. The van der Waals surface area contributed by atoms with Gasteiger partial charge >= 0.3 is 0 Å². The van der Waals surface area contributed by atoms with E-state index in [9.17, 15) is 0 Å². The summed E-state index contributed by atoms with van der Waals surface area (Å²) in [5, 5.41) is 5.80. The van der Waals surface area contributed by atoms with Crippen LogP contribution in [0.2, 0.25) is 0 Å². The molecule has 3 aliphatic rings. The third-order valence-corrected chi connectivity index (χ3v) is 4.81. The van der Waals surface area contributed by atoms with E-state index in [1.165, 1.54) is 11.1 Å². The second-order valence-electron chi connectivity index (χ2n) is 3.05. The van der Waals surface area contributed by atoms with E-state index in [-0.39, 0.29) is 0 Å². The number of thioether (sulfide) groups is 2. The van der Waals surface area contributed by atoms with Gasteiger partial charge in [0.25, 0.3) is 0 Å². The molecule has 3 rings (SSSR count). The molecule has 0 amide bonds. The summed E-state index contributed by atoms with van der Waals surface area (Å²) >= 11 is 3.90. The summed E-state index contributed by atoms with van der Waals surface area (Å²) < 4.78 is 0. The van der Waals surface area contributed by atoms with Crippen molar-refractivity contribution in [2.45, 2.75) is 10.5 Å². The van der Waals surface area contributed by atoms with Crippen molar-refractivity contribution < 1.29 is 0 Å². The maximum atomic E-state index is 2.25. The first-order valence-electron chi connectivity index (χ1n) is 4.01. The van der Waals surface area contributed by atoms with Gasteiger partial charge in [-0.25, -0.2) is 0 Å². The molecule has 0 N–H and O–H groups in total. The van der Waals surface area contributed by atoms with E-state index in [1.807, 2.05) is 23.5 Å². The Labute approximate surface area is 80.5 Å². The van der Waals surface area contributed by atoms with Gasteiger partial charge in [0, 0.05) is 0 Å². The van der Waals surface area contributed by atoms with Crippen LogP contribution in [0.15, 0.2) is 46.3 Å². The molecule has 0 spiro atoms. The number of hydrogen-bond donors (Lipinski definition) is 0. The van der Waals surface area contributed by atoms with Crippen LogP contribution in [0, 0.1) is 0 Å². The normalized spacial score (nSPS) is 36.0. The predicted octanol–water partition coefficient (Wildman–Crippen LogP) is 3.11. The lowest BCUT2D eigenvalue weighted by Crippen LogP contribution is -2.21. The Balaban J connectivity index is 2.05. The first kappa shape index (κ1) is 7.10. The number of rotatable bonds is 0. The van der Waals surface area contributed by atoms with E-state index in [4.69, 9.17) is 0 Å². The minimum atomic E-state index is 0.685. The van der Waals surface area contributed by atoms with Gasteiger partial charge in [-0.3, -0.25) is 0 Å². The van der Waals surface area contributed by atoms with Crippen molar-refractivity contribution >= 4 is 23.5 Å². The zero-order valence-corrected chi connectivity index (χ0v) is 8.07. The lowest BCUT2D eigenvalue weighted by atomic mass is 9.98. The van der Waals surface area contributed by atoms with Crippen LogP contribution < -0.4 is 0 Å². The molecule has 2 heteroatoms. The fourth-order valence-corrected chi connectivity index (χ4v) is 4.16. The molecule has 0 unspecified atom stereocenters. The molecular formula is C10H8S2. The molecule has 2 atom stereocenters. The van der Waals surface area contributed by atoms with Gasteiger partial charge in [0.05, 0.1) is 10.5 Å². The minimum Gasteiger partial charge on any atom is -0.124 e. The SMILES string of the molecule is C1=CC2=CC=C3C=CS[C@H]3[C@@H]2S1. The average Bonchev–Trinajstić information content (AvgIpc) is 2.71. The van der Waals surface area contributed by atoms with Gasteiger partial charge in [0.2, 0.25) is 0 Å². The highest BCUT2D eigenvalue weighted by Gasteiger charge is 2.32. The smallest absolute Gasteiger partial charge is 0.0501 e. The van der Waals surface area contributed by atoms with Gasteiger partial charge in [-0.05, 0) is 22.0 Å². The Morgan fingerprint density at radius 1 is 0.833 bits per heavy atom. The highest BCUT2D eigenvalue weighted by atomic mass is 32.2. The maximum Gasteiger partial charge on any atom is 0.0501 e. The van der Waals surface area contributed by atoms with Crippen molar-refractivity contribution in [3.05, 3.63) is 46.3 Å². The largest absolute Gasteiger partial charge is 0.124 e. The second kappa shape index (κ2) is 2.57. The molecule has 0 aromatic rings. The van der Waals surface area contributed by atoms with Crippen LogP contribution in [-0.4, -0.2) is 10.5 Å². The van der Waals surface area contributed by atoms with Crippen molar-refractivity contribution in [3.63, 3.8) is 0 Å². The molecule has 0 aromatic carbocycles. The molecule has 0 saturated heterocycles. The third kappa shape index (κ3) is 0.882. The van der Waals surface area contributed by atoms with Crippen LogP contribution in [0.1, 0.15) is 0 Å². The summed E-state index contributed by atoms with van der Waals surface area (Å²) in [6.07, 6.45) is 8.98. The van der Waals surface area contributed by atoms with Crippen LogP contribution in [0.4, 0.5) is 0 Å². The Kier molecular flexibility index (Phi) is 1.52. The van der Waals surface area contributed by atoms with Crippen molar-refractivity contribution in [2.24, 2.45) is 0 Å². The van der Waals surface area contributed by atoms with Crippen LogP contribution in [0.3, 0.4) is 0 Å². The molecular weight excluding hydrogens is 184 g/mol. The summed E-state index contributed by atoms with van der Waals surface area (Å²) in [4.78, 5) is 0. The highest BCUT2D eigenvalue weighted by Crippen LogP contribution is 2.45.